The summed E-state index contributed by atoms with van der Waals surface area (Å²) in [5.74, 6) is 1.64. The molecule has 0 aromatic carbocycles. The predicted molar refractivity (Wildman–Crippen MR) is 72.5 cm³/mol. The number of fused-ring (bicyclic) bond motifs is 1. The van der Waals surface area contributed by atoms with Crippen LogP contribution in [0.1, 0.15) is 31.2 Å². The summed E-state index contributed by atoms with van der Waals surface area (Å²) in [5.41, 5.74) is 2.62. The van der Waals surface area contributed by atoms with E-state index in [2.05, 4.69) is 22.4 Å². The minimum atomic E-state index is 0.515. The van der Waals surface area contributed by atoms with E-state index in [0.717, 1.165) is 18.2 Å². The zero-order chi connectivity index (χ0) is 12.4. The first-order valence-corrected chi connectivity index (χ1v) is 6.81. The van der Waals surface area contributed by atoms with Crippen molar-refractivity contribution < 1.29 is 4.74 Å². The first-order valence-electron chi connectivity index (χ1n) is 6.81. The molecule has 3 heteroatoms. The number of rotatable bonds is 2. The van der Waals surface area contributed by atoms with Crippen LogP contribution >= 0.6 is 0 Å². The fraction of sp³-hybridized carbons (Fsp3) is 0.533. The lowest BCUT2D eigenvalue weighted by Gasteiger charge is -2.37. The van der Waals surface area contributed by atoms with Crippen LogP contribution in [-0.4, -0.2) is 24.7 Å². The first-order chi connectivity index (χ1) is 8.88. The van der Waals surface area contributed by atoms with E-state index in [1.807, 2.05) is 6.20 Å². The summed E-state index contributed by atoms with van der Waals surface area (Å²) in [5, 5.41) is 3.67. The Balaban J connectivity index is 1.91. The topological polar surface area (TPSA) is 34.1 Å². The van der Waals surface area contributed by atoms with Crippen molar-refractivity contribution >= 4 is 5.57 Å². The van der Waals surface area contributed by atoms with Crippen molar-refractivity contribution in [2.75, 3.05) is 13.7 Å². The maximum Gasteiger partial charge on any atom is 0.137 e. The Morgan fingerprint density at radius 2 is 2.28 bits per heavy atom. The molecule has 1 saturated heterocycles. The van der Waals surface area contributed by atoms with Crippen LogP contribution < -0.4 is 10.1 Å². The fourth-order valence-corrected chi connectivity index (χ4v) is 3.20. The molecule has 3 nitrogen and oxygen atoms in total. The molecule has 2 atom stereocenters. The maximum absolute atomic E-state index is 5.27. The van der Waals surface area contributed by atoms with Crippen LogP contribution in [0.25, 0.3) is 5.57 Å². The Morgan fingerprint density at radius 1 is 1.33 bits per heavy atom. The van der Waals surface area contributed by atoms with Crippen molar-refractivity contribution in [2.45, 2.75) is 31.7 Å². The molecule has 0 bridgehead atoms. The fourth-order valence-electron chi connectivity index (χ4n) is 3.20. The number of ether oxygens (including phenoxy) is 1. The van der Waals surface area contributed by atoms with Crippen LogP contribution in [0, 0.1) is 5.92 Å². The van der Waals surface area contributed by atoms with Gasteiger partial charge in [0.1, 0.15) is 5.75 Å². The lowest BCUT2D eigenvalue weighted by Crippen LogP contribution is -2.43. The standard InChI is InChI=1S/C15H20N2O/c1-18-13-8-12(9-16-10-13)14-6-2-4-11-5-3-7-17-15(11)14/h6,8-11,15,17H,2-5,7H2,1H3. The lowest BCUT2D eigenvalue weighted by molar-refractivity contribution is 0.303. The average molecular weight is 244 g/mol. The number of hydrogen-bond donors (Lipinski definition) is 1. The van der Waals surface area contributed by atoms with E-state index in [1.165, 1.54) is 36.8 Å². The van der Waals surface area contributed by atoms with Gasteiger partial charge in [-0.05, 0) is 49.8 Å². The monoisotopic (exact) mass is 244 g/mol. The van der Waals surface area contributed by atoms with Gasteiger partial charge in [-0.1, -0.05) is 6.08 Å². The minimum Gasteiger partial charge on any atom is -0.495 e. The molecule has 1 fully saturated rings. The zero-order valence-electron chi connectivity index (χ0n) is 10.9. The molecule has 2 heterocycles. The van der Waals surface area contributed by atoms with Gasteiger partial charge in [0, 0.05) is 17.8 Å². The molecule has 1 aromatic rings. The van der Waals surface area contributed by atoms with Gasteiger partial charge in [0.2, 0.25) is 0 Å². The molecular weight excluding hydrogens is 224 g/mol. The predicted octanol–water partition coefficient (Wildman–Crippen LogP) is 2.64. The summed E-state index contributed by atoms with van der Waals surface area (Å²) in [4.78, 5) is 4.27. The van der Waals surface area contributed by atoms with Gasteiger partial charge in [0.15, 0.2) is 0 Å². The Labute approximate surface area is 108 Å². The van der Waals surface area contributed by atoms with E-state index in [-0.39, 0.29) is 0 Å². The van der Waals surface area contributed by atoms with Crippen LogP contribution in [0.3, 0.4) is 0 Å². The van der Waals surface area contributed by atoms with Crippen LogP contribution in [0.5, 0.6) is 5.75 Å². The van der Waals surface area contributed by atoms with E-state index in [0.29, 0.717) is 6.04 Å². The van der Waals surface area contributed by atoms with Crippen molar-refractivity contribution in [2.24, 2.45) is 5.92 Å². The Morgan fingerprint density at radius 3 is 3.17 bits per heavy atom. The molecule has 0 radical (unpaired) electrons. The number of piperidine rings is 1. The maximum atomic E-state index is 5.27. The van der Waals surface area contributed by atoms with Gasteiger partial charge < -0.3 is 10.1 Å². The van der Waals surface area contributed by atoms with Crippen molar-refractivity contribution in [3.8, 4) is 5.75 Å². The number of methoxy groups -OCH3 is 1. The van der Waals surface area contributed by atoms with Gasteiger partial charge in [0.05, 0.1) is 13.3 Å². The highest BCUT2D eigenvalue weighted by Crippen LogP contribution is 2.36. The summed E-state index contributed by atoms with van der Waals surface area (Å²) >= 11 is 0. The molecule has 0 spiro atoms. The molecule has 96 valence electrons. The third-order valence-corrected chi connectivity index (χ3v) is 4.11. The lowest BCUT2D eigenvalue weighted by atomic mass is 9.77. The highest BCUT2D eigenvalue weighted by molar-refractivity contribution is 5.71. The third-order valence-electron chi connectivity index (χ3n) is 4.11. The van der Waals surface area contributed by atoms with Gasteiger partial charge in [-0.3, -0.25) is 4.98 Å². The second kappa shape index (κ2) is 5.11. The van der Waals surface area contributed by atoms with Crippen molar-refractivity contribution in [3.05, 3.63) is 30.1 Å². The highest BCUT2D eigenvalue weighted by atomic mass is 16.5. The summed E-state index contributed by atoms with van der Waals surface area (Å²) in [6.45, 7) is 1.13. The molecule has 1 aliphatic carbocycles. The summed E-state index contributed by atoms with van der Waals surface area (Å²) < 4.78 is 5.27. The smallest absolute Gasteiger partial charge is 0.137 e. The van der Waals surface area contributed by atoms with Gasteiger partial charge in [0.25, 0.3) is 0 Å². The SMILES string of the molecule is COc1cncc(C2=CCCC3CCCNC23)c1. The second-order valence-corrected chi connectivity index (χ2v) is 5.18. The Bertz CT molecular complexity index is 456. The minimum absolute atomic E-state index is 0.515. The van der Waals surface area contributed by atoms with Crippen LogP contribution in [0.15, 0.2) is 24.5 Å². The van der Waals surface area contributed by atoms with E-state index in [1.54, 1.807) is 13.3 Å². The van der Waals surface area contributed by atoms with Gasteiger partial charge in [-0.2, -0.15) is 0 Å². The van der Waals surface area contributed by atoms with Crippen molar-refractivity contribution in [1.82, 2.24) is 10.3 Å². The van der Waals surface area contributed by atoms with Gasteiger partial charge in [-0.25, -0.2) is 0 Å². The van der Waals surface area contributed by atoms with Crippen molar-refractivity contribution in [1.29, 1.82) is 0 Å². The van der Waals surface area contributed by atoms with E-state index < -0.39 is 0 Å². The molecule has 1 N–H and O–H groups in total. The molecule has 18 heavy (non-hydrogen) atoms. The van der Waals surface area contributed by atoms with Crippen LogP contribution in [0.2, 0.25) is 0 Å². The number of aromatic nitrogens is 1. The largest absolute Gasteiger partial charge is 0.495 e. The quantitative estimate of drug-likeness (QED) is 0.868. The second-order valence-electron chi connectivity index (χ2n) is 5.18. The highest BCUT2D eigenvalue weighted by Gasteiger charge is 2.30. The normalized spacial score (nSPS) is 27.3. The Kier molecular flexibility index (Phi) is 3.33. The number of nitrogens with one attached hydrogen (secondary N) is 1. The molecular formula is C15H20N2O. The molecule has 1 aliphatic heterocycles. The zero-order valence-corrected chi connectivity index (χ0v) is 10.9. The van der Waals surface area contributed by atoms with E-state index in [4.69, 9.17) is 4.74 Å². The van der Waals surface area contributed by atoms with Gasteiger partial charge in [-0.15, -0.1) is 0 Å². The first kappa shape index (κ1) is 11.7. The molecule has 2 unspecified atom stereocenters. The Hall–Kier alpha value is -1.35. The van der Waals surface area contributed by atoms with Crippen LogP contribution in [-0.2, 0) is 0 Å². The molecule has 2 aliphatic rings. The van der Waals surface area contributed by atoms with Crippen LogP contribution in [0.4, 0.5) is 0 Å². The average Bonchev–Trinajstić information content (AvgIpc) is 2.47. The van der Waals surface area contributed by atoms with Crippen molar-refractivity contribution in [3.63, 3.8) is 0 Å². The van der Waals surface area contributed by atoms with E-state index >= 15 is 0 Å². The van der Waals surface area contributed by atoms with E-state index in [9.17, 15) is 0 Å². The molecule has 1 aromatic heterocycles. The summed E-state index contributed by atoms with van der Waals surface area (Å²) in [6.07, 6.45) is 11.3. The third kappa shape index (κ3) is 2.15. The summed E-state index contributed by atoms with van der Waals surface area (Å²) in [7, 11) is 1.69. The number of nitrogens with zero attached hydrogens (tertiary/aromatic N) is 1. The van der Waals surface area contributed by atoms with Gasteiger partial charge >= 0.3 is 0 Å². The number of hydrogen-bond acceptors (Lipinski definition) is 3. The molecule has 0 amide bonds. The summed E-state index contributed by atoms with van der Waals surface area (Å²) in [6, 6.07) is 2.61. The number of allylic oxidation sites excluding steroid dienone is 1. The molecule has 3 rings (SSSR count). The number of pyridine rings is 1. The molecule has 0 saturated carbocycles.